The molecule has 0 aliphatic carbocycles. The summed E-state index contributed by atoms with van der Waals surface area (Å²) in [5, 5.41) is 32.8. The molecule has 0 saturated carbocycles. The molecule has 45 heavy (non-hydrogen) atoms. The summed E-state index contributed by atoms with van der Waals surface area (Å²) in [5.74, 6) is 0. The van der Waals surface area contributed by atoms with Gasteiger partial charge < -0.3 is 24.8 Å². The van der Waals surface area contributed by atoms with Crippen LogP contribution in [0.5, 0.6) is 0 Å². The van der Waals surface area contributed by atoms with E-state index < -0.39 is 41.7 Å². The van der Waals surface area contributed by atoms with Crippen molar-refractivity contribution < 1.29 is 34.4 Å². The van der Waals surface area contributed by atoms with Crippen LogP contribution in [0.2, 0.25) is 0 Å². The minimum absolute atomic E-state index is 0.0656. The predicted octanol–water partition coefficient (Wildman–Crippen LogP) is 3.70. The van der Waals surface area contributed by atoms with E-state index in [-0.39, 0.29) is 26.2 Å². The molecule has 2 aliphatic rings. The van der Waals surface area contributed by atoms with Gasteiger partial charge in [0.2, 0.25) is 0 Å². The molecule has 13 nitrogen and oxygen atoms in total. The van der Waals surface area contributed by atoms with Gasteiger partial charge in [-0.2, -0.15) is 0 Å². The average molecular weight is 615 g/mol. The average Bonchev–Trinajstić information content (AvgIpc) is 3.02. The Bertz CT molecular complexity index is 1560. The lowest BCUT2D eigenvalue weighted by atomic mass is 9.64. The summed E-state index contributed by atoms with van der Waals surface area (Å²) in [6.07, 6.45) is 4.28. The van der Waals surface area contributed by atoms with E-state index in [9.17, 15) is 24.9 Å². The van der Waals surface area contributed by atoms with Gasteiger partial charge in [0.1, 0.15) is 6.10 Å². The highest BCUT2D eigenvalue weighted by Crippen LogP contribution is 2.54. The Kier molecular flexibility index (Phi) is 9.32. The second-order valence-electron chi connectivity index (χ2n) is 10.8. The number of ether oxygens (including phenoxy) is 2. The molecular formula is C32H34N6O7. The van der Waals surface area contributed by atoms with Gasteiger partial charge in [-0.3, -0.25) is 29.7 Å². The van der Waals surface area contributed by atoms with Crippen molar-refractivity contribution in [2.24, 2.45) is 4.99 Å². The summed E-state index contributed by atoms with van der Waals surface area (Å²) in [6, 6.07) is 13.7. The molecule has 5 unspecified atom stereocenters. The van der Waals surface area contributed by atoms with Gasteiger partial charge in [0.05, 0.1) is 34.9 Å². The van der Waals surface area contributed by atoms with Gasteiger partial charge in [-0.05, 0) is 43.3 Å². The number of aliphatic hydroxyl groups excluding tert-OH is 1. The van der Waals surface area contributed by atoms with E-state index in [1.807, 2.05) is 11.0 Å². The molecule has 3 aromatic heterocycles. The second-order valence-corrected chi connectivity index (χ2v) is 10.8. The van der Waals surface area contributed by atoms with Crippen molar-refractivity contribution in [1.82, 2.24) is 24.8 Å². The lowest BCUT2D eigenvalue weighted by molar-refractivity contribution is -0.297. The zero-order valence-corrected chi connectivity index (χ0v) is 24.6. The first kappa shape index (κ1) is 31.4. The third-order valence-corrected chi connectivity index (χ3v) is 8.07. The van der Waals surface area contributed by atoms with Crippen LogP contribution in [-0.4, -0.2) is 95.0 Å². The van der Waals surface area contributed by atoms with E-state index >= 15 is 0 Å². The number of hydrogen-bond acceptors (Lipinski definition) is 11. The highest BCUT2D eigenvalue weighted by Gasteiger charge is 2.73. The molecule has 2 aliphatic heterocycles. The summed E-state index contributed by atoms with van der Waals surface area (Å²) in [7, 11) is 0. The summed E-state index contributed by atoms with van der Waals surface area (Å²) < 4.78 is 11.5. The Morgan fingerprint density at radius 2 is 1.51 bits per heavy atom. The molecule has 3 aromatic rings. The summed E-state index contributed by atoms with van der Waals surface area (Å²) >= 11 is 0. The van der Waals surface area contributed by atoms with E-state index in [0.717, 1.165) is 0 Å². The summed E-state index contributed by atoms with van der Waals surface area (Å²) in [5.41, 5.74) is -2.08. The maximum Gasteiger partial charge on any atom is 0.506 e. The quantitative estimate of drug-likeness (QED) is 0.224. The number of aromatic nitrogens is 3. The molecule has 0 aromatic carbocycles. The molecule has 234 valence electrons. The van der Waals surface area contributed by atoms with Gasteiger partial charge in [0.25, 0.3) is 0 Å². The number of carbonyl (C=O) groups is 2. The Morgan fingerprint density at radius 3 is 2.04 bits per heavy atom. The third-order valence-electron chi connectivity index (χ3n) is 8.07. The van der Waals surface area contributed by atoms with E-state index in [0.29, 0.717) is 22.8 Å². The smallest absolute Gasteiger partial charge is 0.450 e. The number of pyridine rings is 3. The molecule has 0 amide bonds. The number of likely N-dealkylation sites (tertiary alicyclic amines) is 2. The fourth-order valence-electron chi connectivity index (χ4n) is 6.65. The highest BCUT2D eigenvalue weighted by molar-refractivity contribution is 5.71. The second kappa shape index (κ2) is 13.3. The van der Waals surface area contributed by atoms with Crippen LogP contribution in [0, 0.1) is 0 Å². The van der Waals surface area contributed by atoms with Crippen LogP contribution in [0.25, 0.3) is 0 Å². The molecule has 2 fully saturated rings. The van der Waals surface area contributed by atoms with Crippen LogP contribution >= 0.6 is 0 Å². The highest BCUT2D eigenvalue weighted by atomic mass is 16.7. The minimum Gasteiger partial charge on any atom is -0.450 e. The van der Waals surface area contributed by atoms with E-state index in [2.05, 4.69) is 26.5 Å². The number of allylic oxidation sites excluding steroid dienone is 2. The predicted molar refractivity (Wildman–Crippen MR) is 162 cm³/mol. The standard InChI is InChI=1S/C32H34N6O7/c1-3-14-35-24(4-2)26-31(44-29(40)41)20-37(18-22-11-5-8-15-33-22)21-32(28(31)39,45-30(42)43)27(25-13-7-10-17-36-25)38(26)19-23-12-6-9-16-34-23/h3-17,26-28,39H,1,18-21H2,2H3,(H,40,41)(H,42,43)/b24-4-,35-14?. The molecule has 3 N–H and O–H groups in total. The molecule has 0 radical (unpaired) electrons. The fourth-order valence-corrected chi connectivity index (χ4v) is 6.65. The maximum atomic E-state index is 12.5. The van der Waals surface area contributed by atoms with E-state index in [1.54, 1.807) is 85.0 Å². The first-order valence-electron chi connectivity index (χ1n) is 14.3. The van der Waals surface area contributed by atoms with Crippen LogP contribution in [0.4, 0.5) is 9.59 Å². The topological polar surface area (TPSA) is 171 Å². The summed E-state index contributed by atoms with van der Waals surface area (Å²) in [4.78, 5) is 46.8. The number of piperidine rings is 2. The first-order valence-corrected chi connectivity index (χ1v) is 14.3. The van der Waals surface area contributed by atoms with Gasteiger partial charge in [-0.15, -0.1) is 0 Å². The molecule has 5 heterocycles. The molecular weight excluding hydrogens is 580 g/mol. The van der Waals surface area contributed by atoms with E-state index in [1.165, 1.54) is 12.3 Å². The van der Waals surface area contributed by atoms with Gasteiger partial charge in [0, 0.05) is 51.0 Å². The van der Waals surface area contributed by atoms with Crippen molar-refractivity contribution in [3.63, 3.8) is 0 Å². The SMILES string of the molecule is C=CC=N/C(=C\C)C1N(Cc2ccccn2)C(c2ccccn2)C2(OC(=O)O)CN(Cc3ccccn3)CC1(OC(=O)O)C2O. The van der Waals surface area contributed by atoms with Crippen molar-refractivity contribution in [1.29, 1.82) is 0 Å². The minimum atomic E-state index is -2.02. The van der Waals surface area contributed by atoms with Gasteiger partial charge in [-0.1, -0.05) is 36.9 Å². The Hall–Kier alpha value is -4.98. The Morgan fingerprint density at radius 1 is 0.933 bits per heavy atom. The molecule has 0 spiro atoms. The number of carboxylic acid groups (broad SMARTS) is 2. The lowest BCUT2D eigenvalue weighted by Gasteiger charge is -2.65. The van der Waals surface area contributed by atoms with Crippen LogP contribution in [0.1, 0.15) is 30.0 Å². The zero-order chi connectivity index (χ0) is 32.0. The molecule has 2 bridgehead atoms. The molecule has 13 heteroatoms. The number of aliphatic imine (C=N–C) groups is 1. The number of fused-ring (bicyclic) bond motifs is 2. The molecule has 5 atom stereocenters. The van der Waals surface area contributed by atoms with Crippen LogP contribution in [0.3, 0.4) is 0 Å². The zero-order valence-electron chi connectivity index (χ0n) is 24.6. The van der Waals surface area contributed by atoms with Crippen LogP contribution in [-0.2, 0) is 22.6 Å². The Balaban J connectivity index is 1.83. The largest absolute Gasteiger partial charge is 0.506 e. The van der Waals surface area contributed by atoms with Gasteiger partial charge in [-0.25, -0.2) is 9.59 Å². The van der Waals surface area contributed by atoms with Gasteiger partial charge in [0.15, 0.2) is 11.2 Å². The molecule has 2 saturated heterocycles. The van der Waals surface area contributed by atoms with Crippen molar-refractivity contribution in [3.05, 3.63) is 115 Å². The normalized spacial score (nSPS) is 27.2. The van der Waals surface area contributed by atoms with Crippen LogP contribution in [0.15, 0.2) is 103 Å². The van der Waals surface area contributed by atoms with Crippen molar-refractivity contribution >= 4 is 18.5 Å². The summed E-state index contributed by atoms with van der Waals surface area (Å²) in [6.45, 7) is 5.40. The van der Waals surface area contributed by atoms with Crippen LogP contribution < -0.4 is 0 Å². The first-order chi connectivity index (χ1) is 21.7. The number of nitrogens with zero attached hydrogens (tertiary/aromatic N) is 6. The van der Waals surface area contributed by atoms with Crippen molar-refractivity contribution in [3.8, 4) is 0 Å². The lowest BCUT2D eigenvalue weighted by Crippen LogP contribution is -2.84. The van der Waals surface area contributed by atoms with Crippen molar-refractivity contribution in [2.75, 3.05) is 13.1 Å². The maximum absolute atomic E-state index is 12.5. The Labute approximate surface area is 259 Å². The monoisotopic (exact) mass is 614 g/mol. The van der Waals surface area contributed by atoms with Crippen molar-refractivity contribution in [2.45, 2.75) is 49.4 Å². The molecule has 5 rings (SSSR count). The number of aliphatic hydroxyl groups is 1. The number of rotatable bonds is 10. The number of hydrogen-bond donors (Lipinski definition) is 3. The fraction of sp³-hybridized carbons (Fsp3) is 0.312. The van der Waals surface area contributed by atoms with Gasteiger partial charge >= 0.3 is 12.3 Å². The third kappa shape index (κ3) is 6.18. The van der Waals surface area contributed by atoms with E-state index in [4.69, 9.17) is 9.47 Å².